The van der Waals surface area contributed by atoms with E-state index in [1.54, 1.807) is 6.33 Å². The molecular weight excluding hydrogens is 361 g/mol. The molecule has 1 amide bonds. The normalized spacial score (nSPS) is 27.5. The maximum Gasteiger partial charge on any atom is 0.222 e. The maximum atomic E-state index is 11.9. The summed E-state index contributed by atoms with van der Waals surface area (Å²) in [4.78, 5) is 25.0. The van der Waals surface area contributed by atoms with Gasteiger partial charge in [-0.2, -0.15) is 0 Å². The zero-order valence-corrected chi connectivity index (χ0v) is 16.2. The molecule has 0 bridgehead atoms. The minimum Gasteiger partial charge on any atom is -0.356 e. The molecule has 3 heterocycles. The minimum absolute atomic E-state index is 0. The minimum atomic E-state index is 0. The molecule has 6 nitrogen and oxygen atoms in total. The molecule has 2 N–H and O–H groups in total. The van der Waals surface area contributed by atoms with E-state index in [2.05, 4.69) is 20.9 Å². The third kappa shape index (κ3) is 3.86. The first-order chi connectivity index (χ1) is 11.0. The van der Waals surface area contributed by atoms with Crippen LogP contribution in [0.5, 0.6) is 0 Å². The van der Waals surface area contributed by atoms with Gasteiger partial charge in [-0.1, -0.05) is 0 Å². The molecule has 8 heteroatoms. The van der Waals surface area contributed by atoms with E-state index in [0.717, 1.165) is 56.8 Å². The Balaban J connectivity index is 0.00000113. The van der Waals surface area contributed by atoms with Gasteiger partial charge in [-0.05, 0) is 25.7 Å². The Morgan fingerprint density at radius 3 is 2.44 bits per heavy atom. The number of amides is 1. The Hall–Kier alpha value is -1.11. The smallest absolute Gasteiger partial charge is 0.222 e. The van der Waals surface area contributed by atoms with E-state index in [1.807, 2.05) is 11.9 Å². The number of halogens is 2. The van der Waals surface area contributed by atoms with Crippen molar-refractivity contribution in [3.8, 4) is 0 Å². The summed E-state index contributed by atoms with van der Waals surface area (Å²) in [5, 5.41) is 0. The first-order valence-corrected chi connectivity index (χ1v) is 8.61. The van der Waals surface area contributed by atoms with Crippen molar-refractivity contribution in [3.05, 3.63) is 18.1 Å². The number of nitrogens with two attached hydrogens (primary N) is 1. The Morgan fingerprint density at radius 1 is 1.20 bits per heavy atom. The summed E-state index contributed by atoms with van der Waals surface area (Å²) >= 11 is 0. The summed E-state index contributed by atoms with van der Waals surface area (Å²) in [5.74, 6) is 1.83. The number of rotatable bonds is 2. The summed E-state index contributed by atoms with van der Waals surface area (Å²) in [6, 6.07) is 2.48. The van der Waals surface area contributed by atoms with Gasteiger partial charge >= 0.3 is 0 Å². The van der Waals surface area contributed by atoms with Crippen molar-refractivity contribution < 1.29 is 4.79 Å². The van der Waals surface area contributed by atoms with Crippen LogP contribution >= 0.6 is 24.8 Å². The molecule has 0 radical (unpaired) electrons. The number of anilines is 1. The molecule has 1 aromatic rings. The van der Waals surface area contributed by atoms with E-state index in [4.69, 9.17) is 5.73 Å². The van der Waals surface area contributed by atoms with Crippen molar-refractivity contribution in [1.82, 2.24) is 14.9 Å². The molecule has 3 fully saturated rings. The van der Waals surface area contributed by atoms with Gasteiger partial charge in [-0.3, -0.25) is 4.79 Å². The molecule has 1 aliphatic carbocycles. The fourth-order valence-corrected chi connectivity index (χ4v) is 4.31. The second kappa shape index (κ2) is 7.64. The second-order valence-corrected chi connectivity index (χ2v) is 7.64. The average molecular weight is 388 g/mol. The van der Waals surface area contributed by atoms with E-state index in [9.17, 15) is 4.79 Å². The lowest BCUT2D eigenvalue weighted by atomic mass is 9.77. The SMILES string of the molecule is CN1CC2(CCN(c3cc(C4CC(N)C4)ncn3)CC2)CC1=O.Cl.Cl. The Bertz CT molecular complexity index is 615. The first kappa shape index (κ1) is 20.2. The molecule has 0 aromatic carbocycles. The number of likely N-dealkylation sites (tertiary alicyclic amines) is 1. The van der Waals surface area contributed by atoms with Gasteiger partial charge in [0.2, 0.25) is 5.91 Å². The highest BCUT2D eigenvalue weighted by atomic mass is 35.5. The molecule has 25 heavy (non-hydrogen) atoms. The van der Waals surface area contributed by atoms with Gasteiger partial charge in [-0.25, -0.2) is 9.97 Å². The van der Waals surface area contributed by atoms with Crippen molar-refractivity contribution in [2.45, 2.75) is 44.1 Å². The monoisotopic (exact) mass is 387 g/mol. The van der Waals surface area contributed by atoms with Crippen LogP contribution in [-0.4, -0.2) is 53.5 Å². The second-order valence-electron chi connectivity index (χ2n) is 7.64. The summed E-state index contributed by atoms with van der Waals surface area (Å²) in [6.07, 6.45) is 6.60. The zero-order valence-electron chi connectivity index (χ0n) is 14.6. The van der Waals surface area contributed by atoms with Gasteiger partial charge in [0.05, 0.1) is 0 Å². The molecule has 3 aliphatic rings. The van der Waals surface area contributed by atoms with Crippen LogP contribution in [0.15, 0.2) is 12.4 Å². The Morgan fingerprint density at radius 2 is 1.88 bits per heavy atom. The van der Waals surface area contributed by atoms with Gasteiger partial charge in [0.1, 0.15) is 12.1 Å². The van der Waals surface area contributed by atoms with Crippen molar-refractivity contribution in [2.24, 2.45) is 11.1 Å². The number of hydrogen-bond donors (Lipinski definition) is 1. The molecule has 0 atom stereocenters. The molecule has 2 saturated heterocycles. The molecule has 1 saturated carbocycles. The van der Waals surface area contributed by atoms with Crippen LogP contribution < -0.4 is 10.6 Å². The van der Waals surface area contributed by atoms with Crippen LogP contribution in [0.25, 0.3) is 0 Å². The van der Waals surface area contributed by atoms with Gasteiger partial charge in [-0.15, -0.1) is 24.8 Å². The zero-order chi connectivity index (χ0) is 16.0. The van der Waals surface area contributed by atoms with Crippen LogP contribution in [0.4, 0.5) is 5.82 Å². The third-order valence-electron chi connectivity index (χ3n) is 5.94. The summed E-state index contributed by atoms with van der Waals surface area (Å²) in [6.45, 7) is 2.86. The lowest BCUT2D eigenvalue weighted by Crippen LogP contribution is -2.42. The predicted octanol–water partition coefficient (Wildman–Crippen LogP) is 1.97. The number of carbonyl (C=O) groups excluding carboxylic acids is 1. The number of aromatic nitrogens is 2. The fourth-order valence-electron chi connectivity index (χ4n) is 4.31. The van der Waals surface area contributed by atoms with Gasteiger partial charge in [0.15, 0.2) is 0 Å². The van der Waals surface area contributed by atoms with Crippen molar-refractivity contribution in [1.29, 1.82) is 0 Å². The number of nitrogens with zero attached hydrogens (tertiary/aromatic N) is 4. The van der Waals surface area contributed by atoms with Crippen LogP contribution in [-0.2, 0) is 4.79 Å². The lowest BCUT2D eigenvalue weighted by molar-refractivity contribution is -0.126. The number of carbonyl (C=O) groups is 1. The molecule has 1 aromatic heterocycles. The van der Waals surface area contributed by atoms with E-state index >= 15 is 0 Å². The molecular formula is C17H27Cl2N5O. The average Bonchev–Trinajstić information content (AvgIpc) is 2.79. The standard InChI is InChI=1S/C17H25N5O.2ClH/c1-21-10-17(9-16(21)23)2-4-22(5-3-17)15-8-14(19-11-20-15)12-6-13(18)7-12;;/h8,11-13H,2-7,9-10,18H2,1H3;2*1H. The van der Waals surface area contributed by atoms with Crippen LogP contribution in [0.1, 0.15) is 43.7 Å². The molecule has 0 unspecified atom stereocenters. The summed E-state index contributed by atoms with van der Waals surface area (Å²) in [5.41, 5.74) is 7.22. The molecule has 1 spiro atoms. The highest BCUT2D eigenvalue weighted by Gasteiger charge is 2.43. The van der Waals surface area contributed by atoms with Gasteiger partial charge < -0.3 is 15.5 Å². The van der Waals surface area contributed by atoms with E-state index in [1.165, 1.54) is 0 Å². The molecule has 2 aliphatic heterocycles. The van der Waals surface area contributed by atoms with Crippen LogP contribution in [0.2, 0.25) is 0 Å². The number of hydrogen-bond acceptors (Lipinski definition) is 5. The fraction of sp³-hybridized carbons (Fsp3) is 0.706. The van der Waals surface area contributed by atoms with E-state index in [0.29, 0.717) is 24.3 Å². The lowest BCUT2D eigenvalue weighted by Gasteiger charge is -2.39. The highest BCUT2D eigenvalue weighted by Crippen LogP contribution is 2.41. The third-order valence-corrected chi connectivity index (χ3v) is 5.94. The van der Waals surface area contributed by atoms with E-state index in [-0.39, 0.29) is 30.2 Å². The summed E-state index contributed by atoms with van der Waals surface area (Å²) < 4.78 is 0. The topological polar surface area (TPSA) is 75.3 Å². The van der Waals surface area contributed by atoms with Crippen molar-refractivity contribution >= 4 is 36.5 Å². The highest BCUT2D eigenvalue weighted by molar-refractivity contribution is 5.85. The quantitative estimate of drug-likeness (QED) is 0.839. The van der Waals surface area contributed by atoms with Crippen molar-refractivity contribution in [2.75, 3.05) is 31.6 Å². The maximum absolute atomic E-state index is 11.9. The van der Waals surface area contributed by atoms with Gasteiger partial charge in [0.25, 0.3) is 0 Å². The molecule has 140 valence electrons. The molecule has 4 rings (SSSR count). The largest absolute Gasteiger partial charge is 0.356 e. The Kier molecular flexibility index (Phi) is 6.17. The number of piperidine rings is 1. The van der Waals surface area contributed by atoms with Crippen LogP contribution in [0, 0.1) is 5.41 Å². The summed E-state index contributed by atoms with van der Waals surface area (Å²) in [7, 11) is 1.92. The Labute approximate surface area is 161 Å². The first-order valence-electron chi connectivity index (χ1n) is 8.61. The van der Waals surface area contributed by atoms with Crippen LogP contribution in [0.3, 0.4) is 0 Å². The van der Waals surface area contributed by atoms with Gasteiger partial charge in [0, 0.05) is 62.2 Å². The predicted molar refractivity (Wildman–Crippen MR) is 103 cm³/mol. The van der Waals surface area contributed by atoms with E-state index < -0.39 is 0 Å². The van der Waals surface area contributed by atoms with Crippen molar-refractivity contribution in [3.63, 3.8) is 0 Å².